The van der Waals surface area contributed by atoms with E-state index in [4.69, 9.17) is 4.74 Å². The van der Waals surface area contributed by atoms with Gasteiger partial charge in [0.2, 0.25) is 5.91 Å². The van der Waals surface area contributed by atoms with E-state index in [0.29, 0.717) is 18.0 Å². The van der Waals surface area contributed by atoms with E-state index in [-0.39, 0.29) is 18.2 Å². The zero-order valence-corrected chi connectivity index (χ0v) is 13.4. The number of nitrogens with zero attached hydrogens (tertiary/aromatic N) is 1. The van der Waals surface area contributed by atoms with Crippen LogP contribution in [0.1, 0.15) is 25.8 Å². The lowest BCUT2D eigenvalue weighted by molar-refractivity contribution is -0.118. The summed E-state index contributed by atoms with van der Waals surface area (Å²) in [5.41, 5.74) is 1.67. The van der Waals surface area contributed by atoms with Crippen molar-refractivity contribution in [3.05, 3.63) is 54.4 Å². The van der Waals surface area contributed by atoms with E-state index in [1.807, 2.05) is 26.0 Å². The topological polar surface area (TPSA) is 71.5 Å². The van der Waals surface area contributed by atoms with Crippen LogP contribution in [0.3, 0.4) is 0 Å². The highest BCUT2D eigenvalue weighted by Crippen LogP contribution is 2.17. The summed E-state index contributed by atoms with van der Waals surface area (Å²) in [4.78, 5) is 15.8. The van der Waals surface area contributed by atoms with Gasteiger partial charge in [-0.15, -0.1) is 0 Å². The molecular weight excluding hydrogens is 292 g/mol. The summed E-state index contributed by atoms with van der Waals surface area (Å²) in [6, 6.07) is 11.0. The molecule has 0 aliphatic heterocycles. The highest BCUT2D eigenvalue weighted by Gasteiger charge is 2.14. The lowest BCUT2D eigenvalue weighted by Crippen LogP contribution is -2.23. The first-order valence-electron chi connectivity index (χ1n) is 7.64. The molecule has 1 aromatic heterocycles. The third-order valence-electron chi connectivity index (χ3n) is 3.43. The van der Waals surface area contributed by atoms with Crippen molar-refractivity contribution in [3.63, 3.8) is 0 Å². The summed E-state index contributed by atoms with van der Waals surface area (Å²) in [6.45, 7) is 4.21. The van der Waals surface area contributed by atoms with E-state index in [1.165, 1.54) is 0 Å². The highest BCUT2D eigenvalue weighted by atomic mass is 16.5. The van der Waals surface area contributed by atoms with E-state index in [0.717, 1.165) is 5.56 Å². The molecule has 2 N–H and O–H groups in total. The fourth-order valence-electron chi connectivity index (χ4n) is 1.92. The van der Waals surface area contributed by atoms with Crippen LogP contribution in [0, 0.1) is 5.92 Å². The van der Waals surface area contributed by atoms with Crippen LogP contribution in [0.5, 0.6) is 5.75 Å². The van der Waals surface area contributed by atoms with E-state index in [2.05, 4.69) is 10.3 Å². The Morgan fingerprint density at radius 3 is 2.61 bits per heavy atom. The molecular formula is C18H22N2O3. The van der Waals surface area contributed by atoms with Gasteiger partial charge in [0.15, 0.2) is 0 Å². The van der Waals surface area contributed by atoms with Crippen molar-refractivity contribution in [1.82, 2.24) is 4.98 Å². The molecule has 0 spiro atoms. The molecule has 0 bridgehead atoms. The van der Waals surface area contributed by atoms with Crippen LogP contribution < -0.4 is 10.1 Å². The Hall–Kier alpha value is -2.40. The van der Waals surface area contributed by atoms with E-state index >= 15 is 0 Å². The lowest BCUT2D eigenvalue weighted by Gasteiger charge is -2.14. The van der Waals surface area contributed by atoms with Gasteiger partial charge in [-0.1, -0.05) is 19.9 Å². The number of anilines is 1. The van der Waals surface area contributed by atoms with Crippen molar-refractivity contribution in [3.8, 4) is 5.75 Å². The van der Waals surface area contributed by atoms with Gasteiger partial charge in [-0.3, -0.25) is 9.78 Å². The Bertz CT molecular complexity index is 612. The number of carbonyl (C=O) groups is 1. The molecule has 1 unspecified atom stereocenters. The molecule has 1 amide bonds. The van der Waals surface area contributed by atoms with Crippen LogP contribution in [0.4, 0.5) is 5.69 Å². The number of nitrogens with one attached hydrogen (secondary N) is 1. The molecule has 1 atom stereocenters. The maximum atomic E-state index is 11.8. The minimum atomic E-state index is -0.628. The normalized spacial score (nSPS) is 12.0. The molecule has 1 heterocycles. The highest BCUT2D eigenvalue weighted by molar-refractivity contribution is 5.91. The second kappa shape index (κ2) is 8.29. The number of aliphatic hydroxyl groups excluding tert-OH is 1. The second-order valence-corrected chi connectivity index (χ2v) is 5.74. The molecule has 0 saturated heterocycles. The molecule has 5 nitrogen and oxygen atoms in total. The molecule has 0 aliphatic rings. The predicted molar refractivity (Wildman–Crippen MR) is 89.1 cm³/mol. The van der Waals surface area contributed by atoms with Gasteiger partial charge in [0, 0.05) is 23.6 Å². The van der Waals surface area contributed by atoms with Crippen molar-refractivity contribution >= 4 is 11.6 Å². The fourth-order valence-corrected chi connectivity index (χ4v) is 1.92. The number of ether oxygens (including phenoxy) is 1. The number of hydrogen-bond donors (Lipinski definition) is 2. The van der Waals surface area contributed by atoms with Crippen molar-refractivity contribution in [2.45, 2.75) is 33.0 Å². The largest absolute Gasteiger partial charge is 0.489 e. The van der Waals surface area contributed by atoms with Crippen molar-refractivity contribution in [2.75, 3.05) is 5.32 Å². The van der Waals surface area contributed by atoms with Crippen molar-refractivity contribution in [1.29, 1.82) is 0 Å². The first kappa shape index (κ1) is 17.0. The zero-order chi connectivity index (χ0) is 16.7. The Morgan fingerprint density at radius 1 is 1.26 bits per heavy atom. The molecule has 1 aromatic carbocycles. The standard InChI is InChI=1S/C18H22N2O3/c1-13(2)17(21)10-18(22)20-15-5-7-16(8-6-15)23-12-14-4-3-9-19-11-14/h3-9,11,13,17,21H,10,12H2,1-2H3,(H,20,22). The van der Waals surface area contributed by atoms with Crippen LogP contribution >= 0.6 is 0 Å². The van der Waals surface area contributed by atoms with Gasteiger partial charge in [0.05, 0.1) is 12.5 Å². The zero-order valence-electron chi connectivity index (χ0n) is 13.4. The van der Waals surface area contributed by atoms with Crippen LogP contribution in [-0.4, -0.2) is 22.1 Å². The number of aromatic nitrogens is 1. The Morgan fingerprint density at radius 2 is 2.00 bits per heavy atom. The number of aliphatic hydroxyl groups is 1. The summed E-state index contributed by atoms with van der Waals surface area (Å²) in [6.07, 6.45) is 2.94. The average molecular weight is 314 g/mol. The Labute approximate surface area is 136 Å². The monoisotopic (exact) mass is 314 g/mol. The van der Waals surface area contributed by atoms with Crippen molar-refractivity contribution < 1.29 is 14.6 Å². The quantitative estimate of drug-likeness (QED) is 0.824. The second-order valence-electron chi connectivity index (χ2n) is 5.74. The molecule has 23 heavy (non-hydrogen) atoms. The summed E-state index contributed by atoms with van der Waals surface area (Å²) in [5.74, 6) is 0.577. The summed E-state index contributed by atoms with van der Waals surface area (Å²) >= 11 is 0. The number of pyridine rings is 1. The van der Waals surface area contributed by atoms with Gasteiger partial charge in [-0.25, -0.2) is 0 Å². The molecule has 0 fully saturated rings. The van der Waals surface area contributed by atoms with Crippen LogP contribution in [0.25, 0.3) is 0 Å². The minimum Gasteiger partial charge on any atom is -0.489 e. The van der Waals surface area contributed by atoms with Gasteiger partial charge in [0.25, 0.3) is 0 Å². The molecule has 2 rings (SSSR count). The van der Waals surface area contributed by atoms with Gasteiger partial charge < -0.3 is 15.2 Å². The summed E-state index contributed by atoms with van der Waals surface area (Å²) in [5, 5.41) is 12.5. The maximum Gasteiger partial charge on any atom is 0.226 e. The van der Waals surface area contributed by atoms with Crippen LogP contribution in [0.2, 0.25) is 0 Å². The van der Waals surface area contributed by atoms with Crippen LogP contribution in [0.15, 0.2) is 48.8 Å². The lowest BCUT2D eigenvalue weighted by atomic mass is 10.0. The molecule has 0 radical (unpaired) electrons. The smallest absolute Gasteiger partial charge is 0.226 e. The van der Waals surface area contributed by atoms with Crippen LogP contribution in [-0.2, 0) is 11.4 Å². The third kappa shape index (κ3) is 5.71. The van der Waals surface area contributed by atoms with Crippen molar-refractivity contribution in [2.24, 2.45) is 5.92 Å². The third-order valence-corrected chi connectivity index (χ3v) is 3.43. The maximum absolute atomic E-state index is 11.8. The number of benzene rings is 1. The Balaban J connectivity index is 1.83. The number of rotatable bonds is 7. The molecule has 122 valence electrons. The Kier molecular flexibility index (Phi) is 6.11. The fraction of sp³-hybridized carbons (Fsp3) is 0.333. The van der Waals surface area contributed by atoms with E-state index < -0.39 is 6.10 Å². The van der Waals surface area contributed by atoms with E-state index in [1.54, 1.807) is 36.7 Å². The molecule has 0 aliphatic carbocycles. The minimum absolute atomic E-state index is 0.0593. The van der Waals surface area contributed by atoms with Gasteiger partial charge in [0.1, 0.15) is 12.4 Å². The average Bonchev–Trinajstić information content (AvgIpc) is 2.55. The van der Waals surface area contributed by atoms with E-state index in [9.17, 15) is 9.90 Å². The molecule has 0 saturated carbocycles. The van der Waals surface area contributed by atoms with Gasteiger partial charge in [-0.05, 0) is 36.2 Å². The summed E-state index contributed by atoms with van der Waals surface area (Å²) in [7, 11) is 0. The first-order valence-corrected chi connectivity index (χ1v) is 7.64. The first-order chi connectivity index (χ1) is 11.0. The molecule has 5 heteroatoms. The van der Waals surface area contributed by atoms with Gasteiger partial charge in [-0.2, -0.15) is 0 Å². The molecule has 2 aromatic rings. The SMILES string of the molecule is CC(C)C(O)CC(=O)Nc1ccc(OCc2cccnc2)cc1. The summed E-state index contributed by atoms with van der Waals surface area (Å²) < 4.78 is 5.66. The predicted octanol–water partition coefficient (Wildman–Crippen LogP) is 3.01. The number of amides is 1. The van der Waals surface area contributed by atoms with Gasteiger partial charge >= 0.3 is 0 Å². The number of hydrogen-bond acceptors (Lipinski definition) is 4. The number of carbonyl (C=O) groups excluding carboxylic acids is 1.